The van der Waals surface area contributed by atoms with Gasteiger partial charge in [-0.25, -0.2) is 4.79 Å². The Morgan fingerprint density at radius 1 is 1.00 bits per heavy atom. The van der Waals surface area contributed by atoms with Crippen LogP contribution in [0.3, 0.4) is 0 Å². The summed E-state index contributed by atoms with van der Waals surface area (Å²) in [6.45, 7) is 3.64. The van der Waals surface area contributed by atoms with Crippen LogP contribution in [0.2, 0.25) is 0 Å². The molecular weight excluding hydrogens is 405 g/mol. The Balaban J connectivity index is 1.32. The van der Waals surface area contributed by atoms with E-state index in [0.29, 0.717) is 30.9 Å². The van der Waals surface area contributed by atoms with Gasteiger partial charge in [0.15, 0.2) is 0 Å². The maximum atomic E-state index is 13.0. The predicted octanol–water partition coefficient (Wildman–Crippen LogP) is 3.21. The number of halogens is 3. The first-order chi connectivity index (χ1) is 14.9. The van der Waals surface area contributed by atoms with Crippen molar-refractivity contribution in [1.29, 1.82) is 0 Å². The third-order valence-corrected chi connectivity index (χ3v) is 6.49. The van der Waals surface area contributed by atoms with Gasteiger partial charge in [-0.2, -0.15) is 13.2 Å². The summed E-state index contributed by atoms with van der Waals surface area (Å²) in [6.07, 6.45) is -1.11. The summed E-state index contributed by atoms with van der Waals surface area (Å²) in [5.41, 5.74) is 3.92. The molecular formula is C24H24F3N2O2+. The van der Waals surface area contributed by atoms with Crippen LogP contribution >= 0.6 is 0 Å². The SMILES string of the molecule is O=c1cc(C[NH+]2CCN(c3cccc(C(F)(F)F)c3)CC2)c2cc3c(cc2o1)CCC3. The van der Waals surface area contributed by atoms with E-state index in [4.69, 9.17) is 4.42 Å². The number of hydrogen-bond donors (Lipinski definition) is 1. The van der Waals surface area contributed by atoms with Gasteiger partial charge >= 0.3 is 11.8 Å². The van der Waals surface area contributed by atoms with Crippen molar-refractivity contribution in [2.24, 2.45) is 0 Å². The number of quaternary nitrogens is 1. The zero-order chi connectivity index (χ0) is 21.6. The molecule has 7 heteroatoms. The highest BCUT2D eigenvalue weighted by Crippen LogP contribution is 2.32. The molecule has 3 aromatic rings. The summed E-state index contributed by atoms with van der Waals surface area (Å²) in [4.78, 5) is 15.4. The van der Waals surface area contributed by atoms with E-state index in [0.717, 1.165) is 49.4 Å². The third-order valence-electron chi connectivity index (χ3n) is 6.49. The summed E-state index contributed by atoms with van der Waals surface area (Å²) in [5.74, 6) is 0. The normalized spacial score (nSPS) is 17.3. The van der Waals surface area contributed by atoms with E-state index >= 15 is 0 Å². The maximum Gasteiger partial charge on any atom is 0.416 e. The van der Waals surface area contributed by atoms with Gasteiger partial charge in [-0.15, -0.1) is 0 Å². The highest BCUT2D eigenvalue weighted by Gasteiger charge is 2.31. The number of rotatable bonds is 3. The molecule has 0 unspecified atom stereocenters. The van der Waals surface area contributed by atoms with Crippen LogP contribution in [-0.4, -0.2) is 26.2 Å². The lowest BCUT2D eigenvalue weighted by Gasteiger charge is -2.34. The molecule has 0 radical (unpaired) electrons. The monoisotopic (exact) mass is 429 g/mol. The molecule has 0 bridgehead atoms. The fourth-order valence-electron chi connectivity index (χ4n) is 4.85. The van der Waals surface area contributed by atoms with E-state index in [1.807, 2.05) is 11.0 Å². The number of benzene rings is 2. The summed E-state index contributed by atoms with van der Waals surface area (Å²) in [7, 11) is 0. The van der Waals surface area contributed by atoms with Crippen molar-refractivity contribution in [3.63, 3.8) is 0 Å². The lowest BCUT2D eigenvalue weighted by atomic mass is 10.0. The van der Waals surface area contributed by atoms with Gasteiger partial charge in [0.2, 0.25) is 0 Å². The average Bonchev–Trinajstić information content (AvgIpc) is 3.20. The zero-order valence-corrected chi connectivity index (χ0v) is 17.1. The van der Waals surface area contributed by atoms with E-state index in [-0.39, 0.29) is 5.63 Å². The van der Waals surface area contributed by atoms with E-state index < -0.39 is 11.7 Å². The van der Waals surface area contributed by atoms with Gasteiger partial charge in [0.25, 0.3) is 0 Å². The van der Waals surface area contributed by atoms with Crippen LogP contribution in [0.15, 0.2) is 51.7 Å². The number of fused-ring (bicyclic) bond motifs is 2. The maximum absolute atomic E-state index is 13.0. The van der Waals surface area contributed by atoms with E-state index in [1.165, 1.54) is 28.2 Å². The summed E-state index contributed by atoms with van der Waals surface area (Å²) >= 11 is 0. The van der Waals surface area contributed by atoms with E-state index in [1.54, 1.807) is 12.1 Å². The van der Waals surface area contributed by atoms with Crippen molar-refractivity contribution in [3.05, 3.63) is 75.1 Å². The smallest absolute Gasteiger partial charge is 0.416 e. The number of nitrogens with one attached hydrogen (secondary N) is 1. The first-order valence-electron chi connectivity index (χ1n) is 10.7. The minimum atomic E-state index is -4.33. The van der Waals surface area contributed by atoms with Gasteiger partial charge in [-0.1, -0.05) is 6.07 Å². The fourth-order valence-corrected chi connectivity index (χ4v) is 4.85. The van der Waals surface area contributed by atoms with Gasteiger partial charge in [0.1, 0.15) is 12.1 Å². The molecule has 0 atom stereocenters. The predicted molar refractivity (Wildman–Crippen MR) is 113 cm³/mol. The third kappa shape index (κ3) is 4.06. The number of hydrogen-bond acceptors (Lipinski definition) is 3. The van der Waals surface area contributed by atoms with Gasteiger partial charge in [0, 0.05) is 22.7 Å². The van der Waals surface area contributed by atoms with Gasteiger partial charge < -0.3 is 14.2 Å². The fraction of sp³-hybridized carbons (Fsp3) is 0.375. The molecule has 1 fully saturated rings. The summed E-state index contributed by atoms with van der Waals surface area (Å²) in [5, 5.41) is 1.01. The highest BCUT2D eigenvalue weighted by atomic mass is 19.4. The molecule has 1 N–H and O–H groups in total. The average molecular weight is 429 g/mol. The number of nitrogens with zero attached hydrogens (tertiary/aromatic N) is 1. The van der Waals surface area contributed by atoms with Crippen molar-refractivity contribution in [2.75, 3.05) is 31.1 Å². The second-order valence-electron chi connectivity index (χ2n) is 8.52. The molecule has 2 heterocycles. The largest absolute Gasteiger partial charge is 0.423 e. The summed E-state index contributed by atoms with van der Waals surface area (Å²) < 4.78 is 44.5. The van der Waals surface area contributed by atoms with Crippen molar-refractivity contribution < 1.29 is 22.5 Å². The van der Waals surface area contributed by atoms with Crippen LogP contribution < -0.4 is 15.4 Å². The molecule has 5 rings (SSSR count). The molecule has 1 aliphatic carbocycles. The first kappa shape index (κ1) is 20.1. The molecule has 0 amide bonds. The van der Waals surface area contributed by atoms with Crippen molar-refractivity contribution in [2.45, 2.75) is 32.0 Å². The minimum absolute atomic E-state index is 0.331. The lowest BCUT2D eigenvalue weighted by molar-refractivity contribution is -0.914. The molecule has 2 aliphatic rings. The molecule has 31 heavy (non-hydrogen) atoms. The lowest BCUT2D eigenvalue weighted by Crippen LogP contribution is -3.13. The highest BCUT2D eigenvalue weighted by molar-refractivity contribution is 5.82. The standard InChI is InChI=1S/C24H23F3N2O2/c25-24(26,27)19-5-2-6-20(14-19)29-9-7-28(8-10-29)15-18-13-23(30)31-22-12-17-4-1-3-16(17)11-21(18)22/h2,5-6,11-14H,1,3-4,7-10,15H2/p+1. The minimum Gasteiger partial charge on any atom is -0.423 e. The first-order valence-corrected chi connectivity index (χ1v) is 10.7. The summed E-state index contributed by atoms with van der Waals surface area (Å²) in [6, 6.07) is 11.3. The van der Waals surface area contributed by atoms with E-state index in [9.17, 15) is 18.0 Å². The molecule has 1 aliphatic heterocycles. The second kappa shape index (κ2) is 7.71. The van der Waals surface area contributed by atoms with Gasteiger partial charge in [0.05, 0.1) is 31.7 Å². The molecule has 2 aromatic carbocycles. The molecule has 0 saturated carbocycles. The Bertz CT molecular complexity index is 1180. The Labute approximate surface area is 177 Å². The Hall–Kier alpha value is -2.80. The van der Waals surface area contributed by atoms with Crippen LogP contribution in [0.25, 0.3) is 11.0 Å². The van der Waals surface area contributed by atoms with Crippen molar-refractivity contribution >= 4 is 16.7 Å². The van der Waals surface area contributed by atoms with E-state index in [2.05, 4.69) is 6.07 Å². The van der Waals surface area contributed by atoms with Crippen LogP contribution in [-0.2, 0) is 25.6 Å². The molecule has 4 nitrogen and oxygen atoms in total. The topological polar surface area (TPSA) is 37.9 Å². The number of aryl methyl sites for hydroxylation is 2. The van der Waals surface area contributed by atoms with Crippen molar-refractivity contribution in [3.8, 4) is 0 Å². The van der Waals surface area contributed by atoms with Crippen LogP contribution in [0, 0.1) is 0 Å². The molecule has 1 aromatic heterocycles. The second-order valence-corrected chi connectivity index (χ2v) is 8.52. The molecule has 1 saturated heterocycles. The van der Waals surface area contributed by atoms with Gasteiger partial charge in [-0.05, 0) is 60.7 Å². The number of piperazine rings is 1. The van der Waals surface area contributed by atoms with Crippen LogP contribution in [0.1, 0.15) is 28.7 Å². The van der Waals surface area contributed by atoms with Gasteiger partial charge in [-0.3, -0.25) is 0 Å². The molecule has 162 valence electrons. The Morgan fingerprint density at radius 3 is 2.48 bits per heavy atom. The zero-order valence-electron chi connectivity index (χ0n) is 17.1. The quantitative estimate of drug-likeness (QED) is 0.650. The van der Waals surface area contributed by atoms with Crippen molar-refractivity contribution in [1.82, 2.24) is 0 Å². The number of anilines is 1. The molecule has 0 spiro atoms. The number of alkyl halides is 3. The Morgan fingerprint density at radius 2 is 1.74 bits per heavy atom. The van der Waals surface area contributed by atoms with Crippen LogP contribution in [0.5, 0.6) is 0 Å². The Kier molecular flexibility index (Phi) is 5.01. The van der Waals surface area contributed by atoms with Crippen LogP contribution in [0.4, 0.5) is 18.9 Å².